The van der Waals surface area contributed by atoms with Gasteiger partial charge in [-0.15, -0.1) is 5.10 Å². The number of thioether (sulfide) groups is 1. The Balaban J connectivity index is 1.49. The summed E-state index contributed by atoms with van der Waals surface area (Å²) in [5.41, 5.74) is 4.30. The Morgan fingerprint density at radius 3 is 2.77 bits per heavy atom. The molecule has 7 heteroatoms. The van der Waals surface area contributed by atoms with E-state index in [9.17, 15) is 4.79 Å². The normalized spacial score (nSPS) is 15.9. The summed E-state index contributed by atoms with van der Waals surface area (Å²) >= 11 is 1.36. The molecule has 4 rings (SSSR count). The van der Waals surface area contributed by atoms with Crippen LogP contribution in [-0.2, 0) is 11.2 Å². The van der Waals surface area contributed by atoms with Crippen LogP contribution in [0.3, 0.4) is 0 Å². The highest BCUT2D eigenvalue weighted by Gasteiger charge is 2.30. The fraction of sp³-hybridized carbons (Fsp3) is 0.263. The molecule has 6 nitrogen and oxygen atoms in total. The molecule has 1 amide bonds. The zero-order valence-electron chi connectivity index (χ0n) is 14.7. The van der Waals surface area contributed by atoms with Crippen LogP contribution in [0.5, 0.6) is 0 Å². The maximum atomic E-state index is 12.8. The third kappa shape index (κ3) is 3.10. The van der Waals surface area contributed by atoms with Crippen LogP contribution < -0.4 is 4.90 Å². The monoisotopic (exact) mass is 365 g/mol. The number of benzene rings is 2. The van der Waals surface area contributed by atoms with Crippen molar-refractivity contribution in [3.05, 3.63) is 59.7 Å². The summed E-state index contributed by atoms with van der Waals surface area (Å²) in [6.45, 7) is 4.12. The van der Waals surface area contributed by atoms with Gasteiger partial charge in [-0.2, -0.15) is 4.68 Å². The van der Waals surface area contributed by atoms with Crippen molar-refractivity contribution >= 4 is 23.4 Å². The van der Waals surface area contributed by atoms with E-state index >= 15 is 0 Å². The van der Waals surface area contributed by atoms with E-state index in [2.05, 4.69) is 28.5 Å². The first-order chi connectivity index (χ1) is 12.6. The number of carbonyl (C=O) groups excluding carboxylic acids is 1. The quantitative estimate of drug-likeness (QED) is 0.665. The molecule has 0 fully saturated rings. The highest BCUT2D eigenvalue weighted by atomic mass is 32.2. The van der Waals surface area contributed by atoms with Crippen LogP contribution in [0, 0.1) is 6.92 Å². The molecule has 0 bridgehead atoms. The molecule has 0 aliphatic carbocycles. The maximum Gasteiger partial charge on any atom is 0.237 e. The van der Waals surface area contributed by atoms with Gasteiger partial charge in [0.2, 0.25) is 11.1 Å². The Morgan fingerprint density at radius 1 is 1.19 bits per heavy atom. The van der Waals surface area contributed by atoms with Crippen molar-refractivity contribution in [2.75, 3.05) is 10.7 Å². The first-order valence-corrected chi connectivity index (χ1v) is 9.50. The van der Waals surface area contributed by atoms with Gasteiger partial charge in [0.05, 0.1) is 11.4 Å². The van der Waals surface area contributed by atoms with Gasteiger partial charge in [-0.3, -0.25) is 4.79 Å². The second-order valence-corrected chi connectivity index (χ2v) is 7.39. The first kappa shape index (κ1) is 16.8. The molecule has 2 aromatic carbocycles. The smallest absolute Gasteiger partial charge is 0.237 e. The topological polar surface area (TPSA) is 63.9 Å². The van der Waals surface area contributed by atoms with E-state index in [0.29, 0.717) is 10.9 Å². The van der Waals surface area contributed by atoms with Gasteiger partial charge in [0.15, 0.2) is 0 Å². The molecule has 0 N–H and O–H groups in total. The molecule has 0 radical (unpaired) electrons. The number of amides is 1. The summed E-state index contributed by atoms with van der Waals surface area (Å²) < 4.78 is 1.67. The Hall–Kier alpha value is -2.67. The minimum Gasteiger partial charge on any atom is -0.308 e. The van der Waals surface area contributed by atoms with Gasteiger partial charge in [-0.1, -0.05) is 47.7 Å². The van der Waals surface area contributed by atoms with Gasteiger partial charge in [-0.25, -0.2) is 0 Å². The number of rotatable bonds is 4. The van der Waals surface area contributed by atoms with Crippen molar-refractivity contribution in [1.29, 1.82) is 0 Å². The van der Waals surface area contributed by atoms with Gasteiger partial charge in [0, 0.05) is 11.7 Å². The summed E-state index contributed by atoms with van der Waals surface area (Å²) in [5, 5.41) is 12.5. The molecule has 3 aromatic rings. The van der Waals surface area contributed by atoms with Crippen molar-refractivity contribution in [3.63, 3.8) is 0 Å². The Bertz CT molecular complexity index is 937. The first-order valence-electron chi connectivity index (χ1n) is 8.51. The number of hydrogen-bond donors (Lipinski definition) is 0. The average molecular weight is 365 g/mol. The molecular formula is C19H19N5OS. The molecule has 2 heterocycles. The number of anilines is 1. The molecule has 1 aliphatic heterocycles. The predicted octanol–water partition coefficient (Wildman–Crippen LogP) is 3.04. The second kappa shape index (κ2) is 6.92. The van der Waals surface area contributed by atoms with Crippen molar-refractivity contribution in [2.45, 2.75) is 31.5 Å². The minimum atomic E-state index is 0.0749. The minimum absolute atomic E-state index is 0.0749. The van der Waals surface area contributed by atoms with E-state index < -0.39 is 0 Å². The average Bonchev–Trinajstić information content (AvgIpc) is 3.23. The number of hydrogen-bond acceptors (Lipinski definition) is 5. The van der Waals surface area contributed by atoms with Gasteiger partial charge in [-0.05, 0) is 54.5 Å². The van der Waals surface area contributed by atoms with Crippen LogP contribution in [0.15, 0.2) is 53.7 Å². The van der Waals surface area contributed by atoms with Crippen LogP contribution in [0.4, 0.5) is 5.69 Å². The van der Waals surface area contributed by atoms with Crippen molar-refractivity contribution in [2.24, 2.45) is 0 Å². The fourth-order valence-electron chi connectivity index (χ4n) is 3.26. The van der Waals surface area contributed by atoms with E-state index in [0.717, 1.165) is 17.8 Å². The molecule has 1 aliphatic rings. The largest absolute Gasteiger partial charge is 0.308 e. The van der Waals surface area contributed by atoms with E-state index in [1.807, 2.05) is 54.3 Å². The highest BCUT2D eigenvalue weighted by Crippen LogP contribution is 2.32. The van der Waals surface area contributed by atoms with Gasteiger partial charge < -0.3 is 4.90 Å². The maximum absolute atomic E-state index is 12.8. The number of para-hydroxylation sites is 1. The van der Waals surface area contributed by atoms with Crippen LogP contribution in [0.1, 0.15) is 18.1 Å². The third-order valence-corrected chi connectivity index (χ3v) is 5.42. The van der Waals surface area contributed by atoms with E-state index in [-0.39, 0.29) is 11.9 Å². The number of nitrogens with zero attached hydrogens (tertiary/aromatic N) is 5. The van der Waals surface area contributed by atoms with Gasteiger partial charge in [0.25, 0.3) is 0 Å². The molecular weight excluding hydrogens is 346 g/mol. The van der Waals surface area contributed by atoms with E-state index in [4.69, 9.17) is 0 Å². The Kier molecular flexibility index (Phi) is 4.46. The number of tetrazole rings is 1. The van der Waals surface area contributed by atoms with Crippen LogP contribution in [0.25, 0.3) is 5.69 Å². The summed E-state index contributed by atoms with van der Waals surface area (Å²) in [7, 11) is 0. The zero-order chi connectivity index (χ0) is 18.1. The molecule has 0 saturated heterocycles. The lowest BCUT2D eigenvalue weighted by Crippen LogP contribution is -2.37. The van der Waals surface area contributed by atoms with Crippen molar-refractivity contribution in [1.82, 2.24) is 20.2 Å². The number of aromatic nitrogens is 4. The van der Waals surface area contributed by atoms with Crippen molar-refractivity contribution in [3.8, 4) is 5.69 Å². The lowest BCUT2D eigenvalue weighted by Gasteiger charge is -2.22. The highest BCUT2D eigenvalue weighted by molar-refractivity contribution is 7.99. The van der Waals surface area contributed by atoms with Crippen molar-refractivity contribution < 1.29 is 4.79 Å². The second-order valence-electron chi connectivity index (χ2n) is 6.44. The van der Waals surface area contributed by atoms with E-state index in [1.54, 1.807) is 4.68 Å². The molecule has 0 spiro atoms. The number of carbonyl (C=O) groups is 1. The SMILES string of the molecule is Cc1ccc(-n2nnnc2SCC(=O)N2c3ccccc3C[C@H]2C)cc1. The number of fused-ring (bicyclic) bond motifs is 1. The van der Waals surface area contributed by atoms with Crippen LogP contribution in [0.2, 0.25) is 0 Å². The molecule has 132 valence electrons. The molecule has 0 unspecified atom stereocenters. The summed E-state index contributed by atoms with van der Waals surface area (Å²) in [5.74, 6) is 0.371. The zero-order valence-corrected chi connectivity index (χ0v) is 15.5. The van der Waals surface area contributed by atoms with E-state index in [1.165, 1.54) is 22.9 Å². The lowest BCUT2D eigenvalue weighted by atomic mass is 10.1. The third-order valence-electron chi connectivity index (χ3n) is 4.52. The summed E-state index contributed by atoms with van der Waals surface area (Å²) in [6.07, 6.45) is 0.897. The summed E-state index contributed by atoms with van der Waals surface area (Å²) in [4.78, 5) is 14.7. The standard InChI is InChI=1S/C19H19N5OS/c1-13-7-9-16(10-8-13)24-19(20-21-22-24)26-12-18(25)23-14(2)11-15-5-3-4-6-17(15)23/h3-10,14H,11-12H2,1-2H3/t14-/m1/s1. The van der Waals surface area contributed by atoms with Gasteiger partial charge >= 0.3 is 0 Å². The Morgan fingerprint density at radius 2 is 1.96 bits per heavy atom. The summed E-state index contributed by atoms with van der Waals surface area (Å²) in [6, 6.07) is 16.2. The Labute approximate surface area is 156 Å². The van der Waals surface area contributed by atoms with Gasteiger partial charge in [0.1, 0.15) is 0 Å². The fourth-order valence-corrected chi connectivity index (χ4v) is 4.01. The lowest BCUT2D eigenvalue weighted by molar-refractivity contribution is -0.116. The number of aryl methyl sites for hydroxylation is 1. The van der Waals surface area contributed by atoms with Crippen LogP contribution >= 0.6 is 11.8 Å². The predicted molar refractivity (Wildman–Crippen MR) is 102 cm³/mol. The molecule has 1 aromatic heterocycles. The molecule has 1 atom stereocenters. The van der Waals surface area contributed by atoms with Crippen LogP contribution in [-0.4, -0.2) is 37.9 Å². The molecule has 26 heavy (non-hydrogen) atoms. The molecule has 0 saturated carbocycles.